The highest BCUT2D eigenvalue weighted by atomic mass is 79.9. The van der Waals surface area contributed by atoms with Crippen molar-refractivity contribution in [3.05, 3.63) is 58.1 Å². The monoisotopic (exact) mass is 378 g/mol. The largest absolute Gasteiger partial charge is 0.497 e. The number of rotatable bonds is 5. The average Bonchev–Trinajstić information content (AvgIpc) is 3.00. The van der Waals surface area contributed by atoms with Crippen LogP contribution in [0, 0.1) is 0 Å². The maximum atomic E-state index is 12.1. The lowest BCUT2D eigenvalue weighted by Crippen LogP contribution is -2.32. The Labute approximate surface area is 141 Å². The van der Waals surface area contributed by atoms with E-state index in [2.05, 4.69) is 26.6 Å². The van der Waals surface area contributed by atoms with Gasteiger partial charge in [-0.25, -0.2) is 0 Å². The summed E-state index contributed by atoms with van der Waals surface area (Å²) in [5.74, 6) is -0.131. The Kier molecular flexibility index (Phi) is 5.59. The molecule has 0 fully saturated rings. The highest BCUT2D eigenvalue weighted by Crippen LogP contribution is 2.16. The Bertz CT molecular complexity index is 735. The van der Waals surface area contributed by atoms with E-state index in [1.807, 2.05) is 0 Å². The molecule has 2 rings (SSSR count). The summed E-state index contributed by atoms with van der Waals surface area (Å²) in [6.07, 6.45) is 1.56. The van der Waals surface area contributed by atoms with Gasteiger partial charge in [0.2, 0.25) is 0 Å². The van der Waals surface area contributed by atoms with E-state index < -0.39 is 11.8 Å². The molecule has 1 aromatic heterocycles. The van der Waals surface area contributed by atoms with Gasteiger partial charge in [0.05, 0.1) is 7.11 Å². The van der Waals surface area contributed by atoms with Crippen molar-refractivity contribution in [2.24, 2.45) is 0 Å². The predicted molar refractivity (Wildman–Crippen MR) is 88.9 cm³/mol. The summed E-state index contributed by atoms with van der Waals surface area (Å²) in [5, 5.41) is 5.02. The summed E-state index contributed by atoms with van der Waals surface area (Å²) in [5.41, 5.74) is 0.848. The van der Waals surface area contributed by atoms with Gasteiger partial charge in [-0.15, -0.1) is 0 Å². The number of amides is 2. The third kappa shape index (κ3) is 4.46. The number of likely N-dealkylation sites (N-methyl/N-ethyl adjacent to an activating group) is 1. The summed E-state index contributed by atoms with van der Waals surface area (Å²) < 4.78 is 10.7. The lowest BCUT2D eigenvalue weighted by atomic mass is 10.1. The van der Waals surface area contributed by atoms with Crippen molar-refractivity contribution in [3.63, 3.8) is 0 Å². The first kappa shape index (κ1) is 16.8. The zero-order chi connectivity index (χ0) is 16.8. The molecule has 0 saturated heterocycles. The van der Waals surface area contributed by atoms with Crippen LogP contribution in [0.4, 0.5) is 0 Å². The van der Waals surface area contributed by atoms with Gasteiger partial charge in [0.25, 0.3) is 11.8 Å². The van der Waals surface area contributed by atoms with Gasteiger partial charge >= 0.3 is 0 Å². The molecule has 0 aliphatic rings. The van der Waals surface area contributed by atoms with E-state index in [1.54, 1.807) is 43.5 Å². The summed E-state index contributed by atoms with van der Waals surface area (Å²) in [6, 6.07) is 10.2. The van der Waals surface area contributed by atoms with E-state index in [9.17, 15) is 9.59 Å². The summed E-state index contributed by atoms with van der Waals surface area (Å²) >= 11 is 3.12. The number of benzene rings is 1. The van der Waals surface area contributed by atoms with Crippen LogP contribution in [-0.2, 0) is 4.79 Å². The fraction of sp³-hybridized carbons (Fsp3) is 0.125. The minimum atomic E-state index is -0.515. The Morgan fingerprint density at radius 2 is 1.87 bits per heavy atom. The van der Waals surface area contributed by atoms with Gasteiger partial charge in [0.1, 0.15) is 11.4 Å². The number of furan rings is 1. The summed E-state index contributed by atoms with van der Waals surface area (Å²) in [6.45, 7) is 0. The maximum absolute atomic E-state index is 12.1. The second kappa shape index (κ2) is 7.64. The van der Waals surface area contributed by atoms with E-state index in [0.717, 1.165) is 5.56 Å². The van der Waals surface area contributed by atoms with Crippen LogP contribution in [0.5, 0.6) is 5.75 Å². The molecular weight excluding hydrogens is 364 g/mol. The second-order valence-electron chi connectivity index (χ2n) is 4.47. The first-order chi connectivity index (χ1) is 11.0. The molecule has 0 bridgehead atoms. The molecule has 7 heteroatoms. The maximum Gasteiger partial charge on any atom is 0.291 e. The lowest BCUT2D eigenvalue weighted by Gasteiger charge is -2.08. The van der Waals surface area contributed by atoms with E-state index in [1.165, 1.54) is 13.1 Å². The Morgan fingerprint density at radius 3 is 2.39 bits per heavy atom. The Morgan fingerprint density at radius 1 is 1.17 bits per heavy atom. The van der Waals surface area contributed by atoms with Crippen molar-refractivity contribution in [2.45, 2.75) is 0 Å². The van der Waals surface area contributed by atoms with Crippen LogP contribution in [0.1, 0.15) is 16.1 Å². The van der Waals surface area contributed by atoms with E-state index in [-0.39, 0.29) is 11.5 Å². The molecule has 120 valence electrons. The molecule has 2 aromatic rings. The molecule has 0 aliphatic heterocycles. The molecule has 2 amide bonds. The SMILES string of the molecule is CNC(=O)C(=Cc1ccc(OC)cc1)NC(=O)c1ccc(Br)o1. The molecule has 6 nitrogen and oxygen atoms in total. The average molecular weight is 379 g/mol. The van der Waals surface area contributed by atoms with Crippen molar-refractivity contribution in [1.29, 1.82) is 0 Å². The number of nitrogens with one attached hydrogen (secondary N) is 2. The van der Waals surface area contributed by atoms with Crippen LogP contribution in [-0.4, -0.2) is 26.0 Å². The third-order valence-electron chi connectivity index (χ3n) is 2.94. The zero-order valence-electron chi connectivity index (χ0n) is 12.6. The van der Waals surface area contributed by atoms with Crippen LogP contribution in [0.25, 0.3) is 6.08 Å². The fourth-order valence-electron chi connectivity index (χ4n) is 1.78. The predicted octanol–water partition coefficient (Wildman–Crippen LogP) is 2.57. The van der Waals surface area contributed by atoms with Gasteiger partial charge in [-0.3, -0.25) is 9.59 Å². The number of hydrogen-bond donors (Lipinski definition) is 2. The molecule has 0 aliphatic carbocycles. The van der Waals surface area contributed by atoms with Gasteiger partial charge in [-0.05, 0) is 51.8 Å². The molecule has 1 heterocycles. The minimum absolute atomic E-state index is 0.0985. The fourth-order valence-corrected chi connectivity index (χ4v) is 2.09. The number of carbonyl (C=O) groups is 2. The number of hydrogen-bond acceptors (Lipinski definition) is 4. The molecular formula is C16H15BrN2O4. The van der Waals surface area contributed by atoms with E-state index >= 15 is 0 Å². The molecule has 0 radical (unpaired) electrons. The lowest BCUT2D eigenvalue weighted by molar-refractivity contribution is -0.117. The Balaban J connectivity index is 2.23. The van der Waals surface area contributed by atoms with E-state index in [4.69, 9.17) is 9.15 Å². The quantitative estimate of drug-likeness (QED) is 0.783. The number of methoxy groups -OCH3 is 1. The van der Waals surface area contributed by atoms with Crippen molar-refractivity contribution in [2.75, 3.05) is 14.2 Å². The van der Waals surface area contributed by atoms with Crippen molar-refractivity contribution in [3.8, 4) is 5.75 Å². The van der Waals surface area contributed by atoms with Gasteiger partial charge in [-0.2, -0.15) is 0 Å². The highest BCUT2D eigenvalue weighted by Gasteiger charge is 2.16. The highest BCUT2D eigenvalue weighted by molar-refractivity contribution is 9.10. The molecule has 0 unspecified atom stereocenters. The van der Waals surface area contributed by atoms with E-state index in [0.29, 0.717) is 10.4 Å². The zero-order valence-corrected chi connectivity index (χ0v) is 14.1. The number of halogens is 1. The van der Waals surface area contributed by atoms with Crippen LogP contribution in [0.15, 0.2) is 51.2 Å². The van der Waals surface area contributed by atoms with Gasteiger partial charge in [0.15, 0.2) is 10.4 Å². The molecule has 0 saturated carbocycles. The molecule has 0 atom stereocenters. The Hall–Kier alpha value is -2.54. The normalized spacial score (nSPS) is 11.0. The first-order valence-corrected chi connectivity index (χ1v) is 7.47. The first-order valence-electron chi connectivity index (χ1n) is 6.68. The van der Waals surface area contributed by atoms with Crippen molar-refractivity contribution < 1.29 is 18.7 Å². The third-order valence-corrected chi connectivity index (χ3v) is 3.37. The van der Waals surface area contributed by atoms with Crippen LogP contribution >= 0.6 is 15.9 Å². The standard InChI is InChI=1S/C16H15BrN2O4/c1-18-15(20)12(9-10-3-5-11(22-2)6-4-10)19-16(21)13-7-8-14(17)23-13/h3-9H,1-2H3,(H,18,20)(H,19,21). The summed E-state index contributed by atoms with van der Waals surface area (Å²) in [7, 11) is 3.06. The number of ether oxygens (including phenoxy) is 1. The van der Waals surface area contributed by atoms with Crippen LogP contribution in [0.2, 0.25) is 0 Å². The second-order valence-corrected chi connectivity index (χ2v) is 5.25. The van der Waals surface area contributed by atoms with Gasteiger partial charge in [-0.1, -0.05) is 12.1 Å². The van der Waals surface area contributed by atoms with Crippen LogP contribution in [0.3, 0.4) is 0 Å². The summed E-state index contributed by atoms with van der Waals surface area (Å²) in [4.78, 5) is 24.1. The van der Waals surface area contributed by atoms with Crippen molar-refractivity contribution >= 4 is 33.8 Å². The molecule has 1 aromatic carbocycles. The van der Waals surface area contributed by atoms with Gasteiger partial charge in [0, 0.05) is 7.05 Å². The smallest absolute Gasteiger partial charge is 0.291 e. The number of carbonyl (C=O) groups excluding carboxylic acids is 2. The molecule has 2 N–H and O–H groups in total. The van der Waals surface area contributed by atoms with Crippen molar-refractivity contribution in [1.82, 2.24) is 10.6 Å². The topological polar surface area (TPSA) is 80.6 Å². The van der Waals surface area contributed by atoms with Gasteiger partial charge < -0.3 is 19.8 Å². The minimum Gasteiger partial charge on any atom is -0.497 e. The van der Waals surface area contributed by atoms with Crippen LogP contribution < -0.4 is 15.4 Å². The molecule has 23 heavy (non-hydrogen) atoms. The molecule has 0 spiro atoms.